The molecule has 0 saturated carbocycles. The van der Waals surface area contributed by atoms with Crippen LogP contribution >= 0.6 is 24.0 Å². The monoisotopic (exact) mass is 528 g/mol. The van der Waals surface area contributed by atoms with Crippen molar-refractivity contribution in [3.05, 3.63) is 100 Å². The normalized spacial score (nSPS) is 14.9. The molecular weight excluding hydrogens is 509 g/mol. The molecule has 4 rings (SSSR count). The lowest BCUT2D eigenvalue weighted by atomic mass is 10.2. The van der Waals surface area contributed by atoms with E-state index in [9.17, 15) is 22.8 Å². The molecule has 3 aromatic rings. The van der Waals surface area contributed by atoms with E-state index >= 15 is 0 Å². The smallest absolute Gasteiger partial charge is 0.416 e. The van der Waals surface area contributed by atoms with E-state index in [0.29, 0.717) is 17.3 Å². The molecule has 36 heavy (non-hydrogen) atoms. The Labute approximate surface area is 214 Å². The number of anilines is 1. The molecule has 3 aromatic carbocycles. The summed E-state index contributed by atoms with van der Waals surface area (Å²) in [7, 11) is 0. The molecule has 0 aliphatic carbocycles. The molecule has 0 bridgehead atoms. The Hall–Kier alpha value is -3.63. The van der Waals surface area contributed by atoms with Gasteiger partial charge in [-0.2, -0.15) is 13.2 Å². The van der Waals surface area contributed by atoms with Crippen molar-refractivity contribution in [2.75, 3.05) is 11.9 Å². The molecule has 1 N–H and O–H groups in total. The zero-order valence-electron chi connectivity index (χ0n) is 18.6. The van der Waals surface area contributed by atoms with Gasteiger partial charge in [0, 0.05) is 5.69 Å². The van der Waals surface area contributed by atoms with Crippen molar-refractivity contribution < 1.29 is 27.5 Å². The van der Waals surface area contributed by atoms with Gasteiger partial charge in [0.25, 0.3) is 5.91 Å². The Morgan fingerprint density at radius 3 is 2.53 bits per heavy atom. The third-order valence-electron chi connectivity index (χ3n) is 5.05. The van der Waals surface area contributed by atoms with Crippen LogP contribution in [0.3, 0.4) is 0 Å². The van der Waals surface area contributed by atoms with Crippen LogP contribution in [-0.4, -0.2) is 27.6 Å². The van der Waals surface area contributed by atoms with Crippen molar-refractivity contribution in [1.82, 2.24) is 4.90 Å². The molecule has 2 amide bonds. The lowest BCUT2D eigenvalue weighted by Gasteiger charge is -2.15. The van der Waals surface area contributed by atoms with Gasteiger partial charge in [0.05, 0.1) is 10.5 Å². The highest BCUT2D eigenvalue weighted by Crippen LogP contribution is 2.33. The summed E-state index contributed by atoms with van der Waals surface area (Å²) >= 11 is 6.30. The summed E-state index contributed by atoms with van der Waals surface area (Å²) in [6, 6.07) is 21.2. The number of thioether (sulfide) groups is 1. The number of rotatable bonds is 7. The molecule has 0 aromatic heterocycles. The van der Waals surface area contributed by atoms with E-state index in [1.165, 1.54) is 12.1 Å². The Kier molecular flexibility index (Phi) is 7.76. The highest BCUT2D eigenvalue weighted by Gasteiger charge is 2.34. The van der Waals surface area contributed by atoms with E-state index in [4.69, 9.17) is 17.0 Å². The number of alkyl halides is 3. The highest BCUT2D eigenvalue weighted by molar-refractivity contribution is 8.26. The van der Waals surface area contributed by atoms with Crippen molar-refractivity contribution in [3.63, 3.8) is 0 Å². The molecule has 1 aliphatic rings. The second kappa shape index (κ2) is 11.0. The number of hydrogen-bond donors (Lipinski definition) is 1. The fourth-order valence-corrected chi connectivity index (χ4v) is 4.60. The lowest BCUT2D eigenvalue weighted by Crippen LogP contribution is -2.36. The molecule has 0 radical (unpaired) electrons. The van der Waals surface area contributed by atoms with Crippen LogP contribution < -0.4 is 10.1 Å². The van der Waals surface area contributed by atoms with Crippen LogP contribution in [0.1, 0.15) is 16.7 Å². The fourth-order valence-electron chi connectivity index (χ4n) is 3.34. The number of halogens is 3. The summed E-state index contributed by atoms with van der Waals surface area (Å²) in [6.45, 7) is -0.0219. The first-order chi connectivity index (χ1) is 17.2. The summed E-state index contributed by atoms with van der Waals surface area (Å²) < 4.78 is 44.7. The molecule has 184 valence electrons. The molecule has 0 atom stereocenters. The first-order valence-electron chi connectivity index (χ1n) is 10.7. The van der Waals surface area contributed by atoms with E-state index in [-0.39, 0.29) is 10.0 Å². The number of ether oxygens (including phenoxy) is 1. The van der Waals surface area contributed by atoms with Gasteiger partial charge >= 0.3 is 6.18 Å². The Balaban J connectivity index is 1.40. The van der Waals surface area contributed by atoms with Gasteiger partial charge in [-0.3, -0.25) is 14.5 Å². The molecule has 1 saturated heterocycles. The molecular formula is C26H19F3N2O3S2. The van der Waals surface area contributed by atoms with Crippen molar-refractivity contribution in [2.45, 2.75) is 12.8 Å². The minimum Gasteiger partial charge on any atom is -0.489 e. The van der Waals surface area contributed by atoms with E-state index < -0.39 is 30.1 Å². The second-order valence-corrected chi connectivity index (χ2v) is 9.42. The van der Waals surface area contributed by atoms with E-state index in [1.807, 2.05) is 42.5 Å². The standard InChI is InChI=1S/C26H19F3N2O3S2/c27-26(28,29)19-9-5-10-20(14-19)30-23(32)15-31-24(33)22(36-25(31)35)13-18-8-4-11-21(12-18)34-16-17-6-2-1-3-7-17/h1-14H,15-16H2,(H,30,32)/b22-13-. The number of thiocarbonyl (C=S) groups is 1. The van der Waals surface area contributed by atoms with Crippen LogP contribution in [0.4, 0.5) is 18.9 Å². The van der Waals surface area contributed by atoms with E-state index in [2.05, 4.69) is 5.32 Å². The SMILES string of the molecule is O=C(CN1C(=O)/C(=C/c2cccc(OCc3ccccc3)c2)SC1=S)Nc1cccc(C(F)(F)F)c1. The van der Waals surface area contributed by atoms with Gasteiger partial charge < -0.3 is 10.1 Å². The fraction of sp³-hybridized carbons (Fsp3) is 0.115. The van der Waals surface area contributed by atoms with Gasteiger partial charge in [-0.1, -0.05) is 72.5 Å². The number of nitrogens with zero attached hydrogens (tertiary/aromatic N) is 1. The molecule has 1 fully saturated rings. The predicted octanol–water partition coefficient (Wildman–Crippen LogP) is 6.12. The van der Waals surface area contributed by atoms with Crippen LogP contribution in [0.5, 0.6) is 5.75 Å². The zero-order valence-corrected chi connectivity index (χ0v) is 20.3. The van der Waals surface area contributed by atoms with Gasteiger partial charge in [-0.15, -0.1) is 0 Å². The van der Waals surface area contributed by atoms with E-state index in [0.717, 1.165) is 39.9 Å². The van der Waals surface area contributed by atoms with Crippen LogP contribution in [0.25, 0.3) is 6.08 Å². The number of hydrogen-bond acceptors (Lipinski definition) is 5. The van der Waals surface area contributed by atoms with Crippen molar-refractivity contribution in [1.29, 1.82) is 0 Å². The average Bonchev–Trinajstić information content (AvgIpc) is 3.10. The minimum atomic E-state index is -4.53. The third-order valence-corrected chi connectivity index (χ3v) is 6.43. The highest BCUT2D eigenvalue weighted by atomic mass is 32.2. The van der Waals surface area contributed by atoms with Crippen molar-refractivity contribution >= 4 is 51.9 Å². The van der Waals surface area contributed by atoms with Gasteiger partial charge in [0.2, 0.25) is 5.91 Å². The number of amides is 2. The molecule has 0 spiro atoms. The van der Waals surface area contributed by atoms with Gasteiger partial charge in [0.15, 0.2) is 0 Å². The average molecular weight is 529 g/mol. The maximum Gasteiger partial charge on any atom is 0.416 e. The summed E-state index contributed by atoms with van der Waals surface area (Å²) in [6.07, 6.45) is -2.88. The van der Waals surface area contributed by atoms with Gasteiger partial charge in [0.1, 0.15) is 23.2 Å². The minimum absolute atomic E-state index is 0.0249. The van der Waals surface area contributed by atoms with Gasteiger partial charge in [-0.05, 0) is 47.5 Å². The first kappa shape index (κ1) is 25.5. The van der Waals surface area contributed by atoms with Crippen molar-refractivity contribution in [2.24, 2.45) is 0 Å². The van der Waals surface area contributed by atoms with Gasteiger partial charge in [-0.25, -0.2) is 0 Å². The van der Waals surface area contributed by atoms with Crippen LogP contribution in [-0.2, 0) is 22.4 Å². The topological polar surface area (TPSA) is 58.6 Å². The van der Waals surface area contributed by atoms with Crippen LogP contribution in [0.15, 0.2) is 83.8 Å². The summed E-state index contributed by atoms with van der Waals surface area (Å²) in [5.41, 5.74) is 0.827. The molecule has 0 unspecified atom stereocenters. The number of benzene rings is 3. The molecule has 5 nitrogen and oxygen atoms in total. The second-order valence-electron chi connectivity index (χ2n) is 7.74. The number of carbonyl (C=O) groups excluding carboxylic acids is 2. The maximum atomic E-state index is 12.9. The maximum absolute atomic E-state index is 12.9. The summed E-state index contributed by atoms with van der Waals surface area (Å²) in [5, 5.41) is 2.38. The largest absolute Gasteiger partial charge is 0.489 e. The molecule has 1 heterocycles. The Morgan fingerprint density at radius 2 is 1.78 bits per heavy atom. The Morgan fingerprint density at radius 1 is 1.03 bits per heavy atom. The summed E-state index contributed by atoms with van der Waals surface area (Å²) in [4.78, 5) is 26.7. The molecule has 1 aliphatic heterocycles. The van der Waals surface area contributed by atoms with Crippen molar-refractivity contribution in [3.8, 4) is 5.75 Å². The van der Waals surface area contributed by atoms with Crippen LogP contribution in [0, 0.1) is 0 Å². The zero-order chi connectivity index (χ0) is 25.7. The van der Waals surface area contributed by atoms with E-state index in [1.54, 1.807) is 18.2 Å². The first-order valence-corrected chi connectivity index (χ1v) is 11.9. The lowest BCUT2D eigenvalue weighted by molar-refractivity contribution is -0.137. The quantitative estimate of drug-likeness (QED) is 0.296. The summed E-state index contributed by atoms with van der Waals surface area (Å²) in [5.74, 6) is -0.494. The Bertz CT molecular complexity index is 1330. The third kappa shape index (κ3) is 6.52. The number of nitrogens with one attached hydrogen (secondary N) is 1. The number of carbonyl (C=O) groups is 2. The van der Waals surface area contributed by atoms with Crippen LogP contribution in [0.2, 0.25) is 0 Å². The molecule has 10 heteroatoms. The predicted molar refractivity (Wildman–Crippen MR) is 137 cm³/mol.